The minimum atomic E-state index is -0.133. The molecule has 3 fully saturated rings. The molecular formula is C29H51N3O2. The highest BCUT2D eigenvalue weighted by atomic mass is 16.3. The van der Waals surface area contributed by atoms with Crippen molar-refractivity contribution >= 4 is 5.91 Å². The van der Waals surface area contributed by atoms with Gasteiger partial charge in [0.25, 0.3) is 0 Å². The summed E-state index contributed by atoms with van der Waals surface area (Å²) in [6.45, 7) is 10.7. The van der Waals surface area contributed by atoms with Crippen molar-refractivity contribution < 1.29 is 9.90 Å². The van der Waals surface area contributed by atoms with E-state index in [4.69, 9.17) is 5.73 Å². The zero-order valence-electron chi connectivity index (χ0n) is 22.1. The molecule has 3 saturated carbocycles. The smallest absolute Gasteiger partial charge is 0.223 e. The average molecular weight is 474 g/mol. The van der Waals surface area contributed by atoms with E-state index in [0.29, 0.717) is 16.7 Å². The second-order valence-corrected chi connectivity index (χ2v) is 12.6. The van der Waals surface area contributed by atoms with Crippen LogP contribution < -0.4 is 16.4 Å². The number of nitrogens with one attached hydrogen (secondary N) is 2. The van der Waals surface area contributed by atoms with Gasteiger partial charge in [-0.2, -0.15) is 0 Å². The van der Waals surface area contributed by atoms with Crippen LogP contribution >= 0.6 is 0 Å². The molecule has 4 aliphatic rings. The Balaban J connectivity index is 1.31. The van der Waals surface area contributed by atoms with Gasteiger partial charge in [-0.1, -0.05) is 32.4 Å². The fourth-order valence-corrected chi connectivity index (χ4v) is 8.79. The molecular weight excluding hydrogens is 422 g/mol. The van der Waals surface area contributed by atoms with Gasteiger partial charge in [0.2, 0.25) is 5.91 Å². The summed E-state index contributed by atoms with van der Waals surface area (Å²) in [6, 6.07) is 0. The number of carbonyl (C=O) groups excluding carboxylic acids is 1. The lowest BCUT2D eigenvalue weighted by molar-refractivity contribution is -0.129. The normalized spacial score (nSPS) is 40.0. The summed E-state index contributed by atoms with van der Waals surface area (Å²) >= 11 is 0. The van der Waals surface area contributed by atoms with Crippen LogP contribution in [0.3, 0.4) is 0 Å². The van der Waals surface area contributed by atoms with E-state index < -0.39 is 0 Å². The van der Waals surface area contributed by atoms with Gasteiger partial charge in [0.1, 0.15) is 0 Å². The fraction of sp³-hybridized carbons (Fsp3) is 0.897. The van der Waals surface area contributed by atoms with Crippen LogP contribution in [0.4, 0.5) is 0 Å². The summed E-state index contributed by atoms with van der Waals surface area (Å²) in [6.07, 6.45) is 14.8. The predicted molar refractivity (Wildman–Crippen MR) is 139 cm³/mol. The summed E-state index contributed by atoms with van der Waals surface area (Å²) in [5.74, 6) is 3.12. The van der Waals surface area contributed by atoms with E-state index in [1.165, 1.54) is 32.1 Å². The first-order chi connectivity index (χ1) is 16.3. The highest BCUT2D eigenvalue weighted by molar-refractivity contribution is 5.78. The first-order valence-corrected chi connectivity index (χ1v) is 14.4. The molecule has 0 aliphatic heterocycles. The topological polar surface area (TPSA) is 87.4 Å². The third-order valence-electron chi connectivity index (χ3n) is 10.8. The van der Waals surface area contributed by atoms with Crippen LogP contribution in [0.15, 0.2) is 11.6 Å². The number of aliphatic hydroxyl groups excluding tert-OH is 1. The van der Waals surface area contributed by atoms with Crippen LogP contribution in [-0.4, -0.2) is 43.3 Å². The van der Waals surface area contributed by atoms with Crippen molar-refractivity contribution in [3.63, 3.8) is 0 Å². The first-order valence-electron chi connectivity index (χ1n) is 14.4. The van der Waals surface area contributed by atoms with Crippen molar-refractivity contribution in [2.45, 2.75) is 97.5 Å². The van der Waals surface area contributed by atoms with Gasteiger partial charge in [-0.05, 0) is 125 Å². The van der Waals surface area contributed by atoms with Crippen molar-refractivity contribution in [1.82, 2.24) is 10.6 Å². The van der Waals surface area contributed by atoms with Crippen LogP contribution in [0.1, 0.15) is 91.4 Å². The van der Waals surface area contributed by atoms with Gasteiger partial charge in [0.05, 0.1) is 6.10 Å². The molecule has 0 saturated heterocycles. The average Bonchev–Trinajstić information content (AvgIpc) is 3.17. The van der Waals surface area contributed by atoms with Gasteiger partial charge in [0, 0.05) is 12.5 Å². The molecule has 8 atom stereocenters. The third-order valence-corrected chi connectivity index (χ3v) is 10.8. The summed E-state index contributed by atoms with van der Waals surface area (Å²) in [4.78, 5) is 13.1. The summed E-state index contributed by atoms with van der Waals surface area (Å²) in [5.41, 5.74) is 7.67. The SMILES string of the molecule is CC(C(=O)NCCCNCCCCN)[C@H]1CC[C@H]2[C@@H]3CC=C4C[C@@H](O)CC[C@]4(C)[C@H]3CC[C@]12C. The predicted octanol–water partition coefficient (Wildman–Crippen LogP) is 4.40. The van der Waals surface area contributed by atoms with E-state index in [1.54, 1.807) is 5.57 Å². The Morgan fingerprint density at radius 2 is 1.88 bits per heavy atom. The van der Waals surface area contributed by atoms with E-state index in [0.717, 1.165) is 82.5 Å². The monoisotopic (exact) mass is 473 g/mol. The molecule has 1 unspecified atom stereocenters. The van der Waals surface area contributed by atoms with E-state index in [2.05, 4.69) is 37.5 Å². The molecule has 0 spiro atoms. The van der Waals surface area contributed by atoms with Gasteiger partial charge in [-0.15, -0.1) is 0 Å². The summed E-state index contributed by atoms with van der Waals surface area (Å²) in [5, 5.41) is 16.9. The largest absolute Gasteiger partial charge is 0.393 e. The number of fused-ring (bicyclic) bond motifs is 5. The van der Waals surface area contributed by atoms with Crippen molar-refractivity contribution in [1.29, 1.82) is 0 Å². The number of nitrogens with two attached hydrogens (primary N) is 1. The molecule has 1 amide bonds. The van der Waals surface area contributed by atoms with E-state index >= 15 is 0 Å². The quantitative estimate of drug-likeness (QED) is 0.280. The number of allylic oxidation sites excluding steroid dienone is 1. The van der Waals surface area contributed by atoms with Crippen molar-refractivity contribution in [2.24, 2.45) is 46.2 Å². The molecule has 194 valence electrons. The van der Waals surface area contributed by atoms with Crippen LogP contribution in [0.5, 0.6) is 0 Å². The van der Waals surface area contributed by atoms with Gasteiger partial charge in [0.15, 0.2) is 0 Å². The number of amides is 1. The Morgan fingerprint density at radius 3 is 2.68 bits per heavy atom. The lowest BCUT2D eigenvalue weighted by Crippen LogP contribution is -2.51. The van der Waals surface area contributed by atoms with E-state index in [9.17, 15) is 9.90 Å². The maximum absolute atomic E-state index is 13.1. The van der Waals surface area contributed by atoms with Gasteiger partial charge >= 0.3 is 0 Å². The first kappa shape index (κ1) is 26.2. The third kappa shape index (κ3) is 4.99. The molecule has 0 radical (unpaired) electrons. The zero-order valence-corrected chi connectivity index (χ0v) is 22.1. The molecule has 0 aromatic heterocycles. The van der Waals surface area contributed by atoms with E-state index in [-0.39, 0.29) is 17.9 Å². The number of hydrogen-bond donors (Lipinski definition) is 4. The molecule has 34 heavy (non-hydrogen) atoms. The second-order valence-electron chi connectivity index (χ2n) is 12.6. The van der Waals surface area contributed by atoms with Crippen LogP contribution in [0.25, 0.3) is 0 Å². The Labute approximate surface area is 208 Å². The molecule has 5 N–H and O–H groups in total. The number of aliphatic hydroxyl groups is 1. The van der Waals surface area contributed by atoms with Gasteiger partial charge in [-0.3, -0.25) is 4.79 Å². The maximum atomic E-state index is 13.1. The Hall–Kier alpha value is -0.910. The number of unbranched alkanes of at least 4 members (excludes halogenated alkanes) is 1. The molecule has 4 rings (SSSR count). The lowest BCUT2D eigenvalue weighted by Gasteiger charge is -2.58. The van der Waals surface area contributed by atoms with E-state index in [1.807, 2.05) is 0 Å². The zero-order chi connectivity index (χ0) is 24.3. The molecule has 5 nitrogen and oxygen atoms in total. The highest BCUT2D eigenvalue weighted by Gasteiger charge is 2.59. The minimum absolute atomic E-state index is 0.0965. The second kappa shape index (κ2) is 11.0. The van der Waals surface area contributed by atoms with Gasteiger partial charge in [-0.25, -0.2) is 0 Å². The molecule has 4 aliphatic carbocycles. The Kier molecular flexibility index (Phi) is 8.47. The van der Waals surface area contributed by atoms with Crippen LogP contribution in [0.2, 0.25) is 0 Å². The number of hydrogen-bond acceptors (Lipinski definition) is 4. The van der Waals surface area contributed by atoms with Crippen molar-refractivity contribution in [3.8, 4) is 0 Å². The standard InChI is InChI=1S/C29H51N3O2/c1-20(27(34)32-18-6-17-31-16-5-4-15-30)24-9-10-25-23-8-7-21-19-22(33)11-13-28(21,2)26(23)12-14-29(24,25)3/h7,20,22-26,31,33H,4-6,8-19,30H2,1-3H3,(H,32,34)/t20?,22-,23-,24+,25-,26-,28-,29+/m0/s1. The maximum Gasteiger partial charge on any atom is 0.223 e. The molecule has 5 heteroatoms. The Bertz CT molecular complexity index is 739. The summed E-state index contributed by atoms with van der Waals surface area (Å²) < 4.78 is 0. The molecule has 0 aromatic carbocycles. The van der Waals surface area contributed by atoms with Crippen LogP contribution in [0, 0.1) is 40.4 Å². The van der Waals surface area contributed by atoms with Crippen molar-refractivity contribution in [3.05, 3.63) is 11.6 Å². The van der Waals surface area contributed by atoms with Gasteiger partial charge < -0.3 is 21.5 Å². The highest BCUT2D eigenvalue weighted by Crippen LogP contribution is 2.67. The van der Waals surface area contributed by atoms with Crippen LogP contribution in [-0.2, 0) is 4.79 Å². The molecule has 0 aromatic rings. The fourth-order valence-electron chi connectivity index (χ4n) is 8.79. The molecule has 0 heterocycles. The lowest BCUT2D eigenvalue weighted by atomic mass is 9.47. The number of carbonyl (C=O) groups is 1. The van der Waals surface area contributed by atoms with Crippen molar-refractivity contribution in [2.75, 3.05) is 26.2 Å². The number of rotatable bonds is 10. The minimum Gasteiger partial charge on any atom is -0.393 e. The summed E-state index contributed by atoms with van der Waals surface area (Å²) in [7, 11) is 0. The molecule has 0 bridgehead atoms. The Morgan fingerprint density at radius 1 is 1.09 bits per heavy atom.